The average Bonchev–Trinajstić information content (AvgIpc) is 2.37. The first kappa shape index (κ1) is 15.8. The van der Waals surface area contributed by atoms with Crippen molar-refractivity contribution < 1.29 is 22.3 Å². The van der Waals surface area contributed by atoms with Crippen molar-refractivity contribution in [3.05, 3.63) is 24.0 Å². The van der Waals surface area contributed by atoms with Gasteiger partial charge in [-0.15, -0.1) is 0 Å². The van der Waals surface area contributed by atoms with Gasteiger partial charge in [0.1, 0.15) is 5.82 Å². The number of nitrogens with two attached hydrogens (primary N) is 1. The van der Waals surface area contributed by atoms with Gasteiger partial charge >= 0.3 is 0 Å². The summed E-state index contributed by atoms with van der Waals surface area (Å²) in [7, 11) is -0.816. The molecule has 6 nitrogen and oxygen atoms in total. The van der Waals surface area contributed by atoms with E-state index in [-0.39, 0.29) is 23.7 Å². The number of nitrogen functional groups attached to an aromatic ring is 1. The summed E-state index contributed by atoms with van der Waals surface area (Å²) in [5.74, 6) is -0.659. The fourth-order valence-corrected chi connectivity index (χ4v) is 2.47. The minimum absolute atomic E-state index is 0.0456. The van der Waals surface area contributed by atoms with Crippen molar-refractivity contribution >= 4 is 15.7 Å². The van der Waals surface area contributed by atoms with Crippen LogP contribution in [0.3, 0.4) is 0 Å². The molecule has 1 aromatic rings. The van der Waals surface area contributed by atoms with Gasteiger partial charge in [0.2, 0.25) is 10.0 Å². The Morgan fingerprint density at radius 2 is 2.11 bits per heavy atom. The number of methoxy groups -OCH3 is 2. The Kier molecular flexibility index (Phi) is 5.67. The second-order valence-corrected chi connectivity index (χ2v) is 5.62. The van der Waals surface area contributed by atoms with Gasteiger partial charge in [-0.3, -0.25) is 0 Å². The molecule has 0 radical (unpaired) electrons. The molecule has 3 N–H and O–H groups in total. The van der Waals surface area contributed by atoms with E-state index >= 15 is 0 Å². The van der Waals surface area contributed by atoms with Gasteiger partial charge < -0.3 is 15.2 Å². The number of rotatable bonds is 7. The first-order valence-electron chi connectivity index (χ1n) is 5.47. The lowest BCUT2D eigenvalue weighted by Crippen LogP contribution is -2.35. The second kappa shape index (κ2) is 6.80. The Morgan fingerprint density at radius 1 is 1.42 bits per heavy atom. The Morgan fingerprint density at radius 3 is 2.63 bits per heavy atom. The van der Waals surface area contributed by atoms with Gasteiger partial charge in [-0.25, -0.2) is 17.5 Å². The molecule has 0 saturated carbocycles. The highest BCUT2D eigenvalue weighted by molar-refractivity contribution is 7.89. The molecule has 1 aromatic carbocycles. The lowest BCUT2D eigenvalue weighted by molar-refractivity contribution is 0.0320. The molecule has 0 amide bonds. The van der Waals surface area contributed by atoms with Crippen molar-refractivity contribution in [1.82, 2.24) is 4.72 Å². The predicted molar refractivity (Wildman–Crippen MR) is 68.7 cm³/mol. The maximum atomic E-state index is 13.0. The van der Waals surface area contributed by atoms with E-state index in [2.05, 4.69) is 4.72 Å². The van der Waals surface area contributed by atoms with E-state index in [0.29, 0.717) is 0 Å². The summed E-state index contributed by atoms with van der Waals surface area (Å²) < 4.78 is 49.1. The topological polar surface area (TPSA) is 90.7 Å². The molecule has 108 valence electrons. The molecular weight excluding hydrogens is 275 g/mol. The van der Waals surface area contributed by atoms with Crippen molar-refractivity contribution in [3.8, 4) is 0 Å². The summed E-state index contributed by atoms with van der Waals surface area (Å²) in [5.41, 5.74) is 5.12. The first-order valence-corrected chi connectivity index (χ1v) is 6.95. The molecule has 0 spiro atoms. The third-order valence-electron chi connectivity index (χ3n) is 2.46. The van der Waals surface area contributed by atoms with Crippen LogP contribution < -0.4 is 10.5 Å². The van der Waals surface area contributed by atoms with Gasteiger partial charge in [-0.05, 0) is 18.2 Å². The molecule has 0 aromatic heterocycles. The van der Waals surface area contributed by atoms with Crippen LogP contribution in [0.15, 0.2) is 23.1 Å². The van der Waals surface area contributed by atoms with Crippen LogP contribution in [-0.4, -0.2) is 41.9 Å². The highest BCUT2D eigenvalue weighted by Gasteiger charge is 2.17. The molecule has 0 fully saturated rings. The Bertz CT molecular complexity index is 521. The molecule has 0 saturated heterocycles. The summed E-state index contributed by atoms with van der Waals surface area (Å²) in [6, 6.07) is 3.22. The van der Waals surface area contributed by atoms with Gasteiger partial charge in [0.05, 0.1) is 23.3 Å². The smallest absolute Gasteiger partial charge is 0.240 e. The van der Waals surface area contributed by atoms with Crippen LogP contribution >= 0.6 is 0 Å². The van der Waals surface area contributed by atoms with Crippen molar-refractivity contribution in [3.63, 3.8) is 0 Å². The van der Waals surface area contributed by atoms with Crippen LogP contribution in [0.5, 0.6) is 0 Å². The second-order valence-electron chi connectivity index (χ2n) is 3.85. The summed E-state index contributed by atoms with van der Waals surface area (Å²) >= 11 is 0. The van der Waals surface area contributed by atoms with Gasteiger partial charge in [0.15, 0.2) is 0 Å². The van der Waals surface area contributed by atoms with Crippen molar-refractivity contribution in [2.45, 2.75) is 11.0 Å². The predicted octanol–water partition coefficient (Wildman–Crippen LogP) is 0.348. The molecule has 1 atom stereocenters. The Hall–Kier alpha value is -1.22. The minimum Gasteiger partial charge on any atom is -0.396 e. The van der Waals surface area contributed by atoms with Crippen LogP contribution in [0.2, 0.25) is 0 Å². The monoisotopic (exact) mass is 292 g/mol. The molecule has 19 heavy (non-hydrogen) atoms. The van der Waals surface area contributed by atoms with Crippen molar-refractivity contribution in [2.75, 3.05) is 33.1 Å². The highest BCUT2D eigenvalue weighted by atomic mass is 32.2. The standard InChI is InChI=1S/C11H17FN2O4S/c1-17-7-8(18-2)6-14-19(15,16)9-3-4-10(12)11(13)5-9/h3-5,8,14H,6-7,13H2,1-2H3. The number of sulfonamides is 1. The fourth-order valence-electron chi connectivity index (χ4n) is 1.37. The minimum atomic E-state index is -3.76. The first-order chi connectivity index (χ1) is 8.90. The van der Waals surface area contributed by atoms with Crippen LogP contribution in [-0.2, 0) is 19.5 Å². The molecule has 0 bridgehead atoms. The number of anilines is 1. The van der Waals surface area contributed by atoms with Crippen LogP contribution in [0, 0.1) is 5.82 Å². The number of nitrogens with one attached hydrogen (secondary N) is 1. The number of benzene rings is 1. The van der Waals surface area contributed by atoms with E-state index < -0.39 is 21.9 Å². The molecule has 8 heteroatoms. The van der Waals surface area contributed by atoms with E-state index in [4.69, 9.17) is 15.2 Å². The van der Waals surface area contributed by atoms with Gasteiger partial charge in [-0.1, -0.05) is 0 Å². The van der Waals surface area contributed by atoms with Crippen molar-refractivity contribution in [2.24, 2.45) is 0 Å². The molecule has 1 unspecified atom stereocenters. The molecule has 0 aliphatic rings. The zero-order valence-electron chi connectivity index (χ0n) is 10.7. The quantitative estimate of drug-likeness (QED) is 0.708. The van der Waals surface area contributed by atoms with Crippen LogP contribution in [0.4, 0.5) is 10.1 Å². The molecule has 1 rings (SSSR count). The number of ether oxygens (including phenoxy) is 2. The van der Waals surface area contributed by atoms with Gasteiger partial charge in [0.25, 0.3) is 0 Å². The van der Waals surface area contributed by atoms with E-state index in [1.807, 2.05) is 0 Å². The maximum absolute atomic E-state index is 13.0. The molecule has 0 heterocycles. The molecule has 0 aliphatic carbocycles. The third-order valence-corrected chi connectivity index (χ3v) is 3.89. The molecule has 0 aliphatic heterocycles. The van der Waals surface area contributed by atoms with Crippen LogP contribution in [0.25, 0.3) is 0 Å². The third kappa shape index (κ3) is 4.43. The van der Waals surface area contributed by atoms with E-state index in [9.17, 15) is 12.8 Å². The Balaban J connectivity index is 2.78. The highest BCUT2D eigenvalue weighted by Crippen LogP contribution is 2.16. The molecular formula is C11H17FN2O4S. The summed E-state index contributed by atoms with van der Waals surface area (Å²) in [4.78, 5) is -0.0985. The summed E-state index contributed by atoms with van der Waals surface area (Å²) in [5, 5.41) is 0. The zero-order valence-corrected chi connectivity index (χ0v) is 11.5. The van der Waals surface area contributed by atoms with E-state index in [0.717, 1.165) is 18.2 Å². The van der Waals surface area contributed by atoms with E-state index in [1.54, 1.807) is 0 Å². The number of halogens is 1. The normalized spacial score (nSPS) is 13.4. The fraction of sp³-hybridized carbons (Fsp3) is 0.455. The largest absolute Gasteiger partial charge is 0.396 e. The lowest BCUT2D eigenvalue weighted by atomic mass is 10.3. The maximum Gasteiger partial charge on any atom is 0.240 e. The lowest BCUT2D eigenvalue weighted by Gasteiger charge is -2.15. The van der Waals surface area contributed by atoms with Crippen molar-refractivity contribution in [1.29, 1.82) is 0 Å². The van der Waals surface area contributed by atoms with Gasteiger partial charge in [-0.2, -0.15) is 0 Å². The Labute approximate surface area is 111 Å². The zero-order chi connectivity index (χ0) is 14.5. The summed E-state index contributed by atoms with van der Waals surface area (Å²) in [6.07, 6.45) is -0.405. The number of hydrogen-bond acceptors (Lipinski definition) is 5. The van der Waals surface area contributed by atoms with Gasteiger partial charge in [0, 0.05) is 20.8 Å². The van der Waals surface area contributed by atoms with E-state index in [1.165, 1.54) is 14.2 Å². The SMILES string of the molecule is COCC(CNS(=O)(=O)c1ccc(F)c(N)c1)OC. The average molecular weight is 292 g/mol. The summed E-state index contributed by atoms with van der Waals surface area (Å²) in [6.45, 7) is 0.300. The van der Waals surface area contributed by atoms with Crippen LogP contribution in [0.1, 0.15) is 0 Å². The number of hydrogen-bond donors (Lipinski definition) is 2.